The average Bonchev–Trinajstić information content (AvgIpc) is 2.93. The summed E-state index contributed by atoms with van der Waals surface area (Å²) in [5, 5.41) is 25.2. The fourth-order valence-electron chi connectivity index (χ4n) is 2.72. The van der Waals surface area contributed by atoms with Crippen LogP contribution in [0.3, 0.4) is 0 Å². The van der Waals surface area contributed by atoms with Crippen LogP contribution in [0.25, 0.3) is 0 Å². The van der Waals surface area contributed by atoms with Crippen molar-refractivity contribution in [2.24, 2.45) is 0 Å². The number of nitrogens with one attached hydrogen (secondary N) is 1. The van der Waals surface area contributed by atoms with Crippen molar-refractivity contribution in [3.63, 3.8) is 0 Å². The Labute approximate surface area is 121 Å². The number of aryl methyl sites for hydroxylation is 2. The summed E-state index contributed by atoms with van der Waals surface area (Å²) in [6, 6.07) is -1.89. The van der Waals surface area contributed by atoms with Crippen LogP contribution in [0.15, 0.2) is 4.52 Å². The molecule has 0 saturated carbocycles. The Kier molecular flexibility index (Phi) is 4.17. The molecule has 2 heterocycles. The molecule has 3 atom stereocenters. The highest BCUT2D eigenvalue weighted by molar-refractivity contribution is 5.83. The third-order valence-electron chi connectivity index (χ3n) is 3.69. The van der Waals surface area contributed by atoms with Crippen LogP contribution in [0.5, 0.6) is 0 Å². The summed E-state index contributed by atoms with van der Waals surface area (Å²) in [6.07, 6.45) is -0.770. The number of urea groups is 1. The van der Waals surface area contributed by atoms with Gasteiger partial charge in [0.05, 0.1) is 17.8 Å². The maximum Gasteiger partial charge on any atom is 0.326 e. The van der Waals surface area contributed by atoms with Gasteiger partial charge in [0.2, 0.25) is 0 Å². The standard InChI is InChI=1S/C13H19N3O5/c1-6(11-7(2)15-21-8(11)3)14-13(20)16-5-9(17)4-10(16)12(18)19/h6,9-10,17H,4-5H2,1-3H3,(H,14,20)(H,18,19)/t6?,9-,10-/m1/s1. The van der Waals surface area contributed by atoms with Crippen LogP contribution in [-0.4, -0.2) is 51.0 Å². The number of aliphatic hydroxyl groups excluding tert-OH is 1. The van der Waals surface area contributed by atoms with E-state index in [-0.39, 0.29) is 19.0 Å². The number of amides is 2. The Morgan fingerprint density at radius 3 is 2.67 bits per heavy atom. The Hall–Kier alpha value is -2.09. The van der Waals surface area contributed by atoms with Crippen molar-refractivity contribution in [1.82, 2.24) is 15.4 Å². The summed E-state index contributed by atoms with van der Waals surface area (Å²) in [7, 11) is 0. The SMILES string of the molecule is Cc1noc(C)c1C(C)NC(=O)N1C[C@H](O)C[C@@H]1C(=O)O. The Bertz CT molecular complexity index is 537. The molecular weight excluding hydrogens is 278 g/mol. The van der Waals surface area contributed by atoms with Gasteiger partial charge < -0.3 is 25.0 Å². The number of nitrogens with zero attached hydrogens (tertiary/aromatic N) is 2. The number of carbonyl (C=O) groups is 2. The lowest BCUT2D eigenvalue weighted by Crippen LogP contribution is -2.46. The maximum absolute atomic E-state index is 12.2. The van der Waals surface area contributed by atoms with E-state index in [0.717, 1.165) is 10.5 Å². The fourth-order valence-corrected chi connectivity index (χ4v) is 2.72. The molecule has 0 bridgehead atoms. The molecule has 2 rings (SSSR count). The molecule has 1 aromatic rings. The van der Waals surface area contributed by atoms with E-state index in [1.807, 2.05) is 0 Å². The number of aromatic nitrogens is 1. The van der Waals surface area contributed by atoms with E-state index in [1.165, 1.54) is 0 Å². The van der Waals surface area contributed by atoms with E-state index in [1.54, 1.807) is 20.8 Å². The molecule has 2 amide bonds. The summed E-state index contributed by atoms with van der Waals surface area (Å²) < 4.78 is 5.05. The van der Waals surface area contributed by atoms with Gasteiger partial charge >= 0.3 is 12.0 Å². The molecule has 1 aromatic heterocycles. The maximum atomic E-state index is 12.2. The number of aliphatic hydroxyl groups is 1. The molecule has 0 aromatic carbocycles. The highest BCUT2D eigenvalue weighted by Crippen LogP contribution is 2.23. The van der Waals surface area contributed by atoms with Gasteiger partial charge in [-0.15, -0.1) is 0 Å². The van der Waals surface area contributed by atoms with E-state index in [9.17, 15) is 14.7 Å². The van der Waals surface area contributed by atoms with Gasteiger partial charge in [-0.3, -0.25) is 0 Å². The molecule has 1 unspecified atom stereocenters. The molecule has 21 heavy (non-hydrogen) atoms. The summed E-state index contributed by atoms with van der Waals surface area (Å²) in [5.74, 6) is -0.511. The highest BCUT2D eigenvalue weighted by Gasteiger charge is 2.39. The molecule has 116 valence electrons. The first kappa shape index (κ1) is 15.3. The van der Waals surface area contributed by atoms with Crippen molar-refractivity contribution >= 4 is 12.0 Å². The zero-order valence-electron chi connectivity index (χ0n) is 12.2. The van der Waals surface area contributed by atoms with Crippen LogP contribution < -0.4 is 5.32 Å². The van der Waals surface area contributed by atoms with Crippen molar-refractivity contribution < 1.29 is 24.3 Å². The van der Waals surface area contributed by atoms with Gasteiger partial charge in [0.25, 0.3) is 0 Å². The van der Waals surface area contributed by atoms with Crippen molar-refractivity contribution in [2.45, 2.75) is 45.4 Å². The minimum absolute atomic E-state index is 0.0110. The second-order valence-corrected chi connectivity index (χ2v) is 5.30. The van der Waals surface area contributed by atoms with Crippen molar-refractivity contribution in [1.29, 1.82) is 0 Å². The Morgan fingerprint density at radius 1 is 1.48 bits per heavy atom. The van der Waals surface area contributed by atoms with Gasteiger partial charge in [0, 0.05) is 18.5 Å². The van der Waals surface area contributed by atoms with Crippen molar-refractivity contribution in [3.8, 4) is 0 Å². The molecule has 8 heteroatoms. The third kappa shape index (κ3) is 2.99. The minimum Gasteiger partial charge on any atom is -0.480 e. The number of carbonyl (C=O) groups excluding carboxylic acids is 1. The number of β-amino-alcohol motifs (C(OH)–C–C–N with tert-alkyl or cyclic N) is 1. The molecule has 1 aliphatic rings. The molecule has 3 N–H and O–H groups in total. The molecule has 1 aliphatic heterocycles. The molecule has 0 spiro atoms. The van der Waals surface area contributed by atoms with Crippen molar-refractivity contribution in [3.05, 3.63) is 17.0 Å². The van der Waals surface area contributed by atoms with Crippen LogP contribution in [0.1, 0.15) is 36.4 Å². The van der Waals surface area contributed by atoms with Gasteiger partial charge in [-0.05, 0) is 20.8 Å². The largest absolute Gasteiger partial charge is 0.480 e. The second kappa shape index (κ2) is 5.72. The lowest BCUT2D eigenvalue weighted by molar-refractivity contribution is -0.141. The minimum atomic E-state index is -1.12. The van der Waals surface area contributed by atoms with Gasteiger partial charge in [0.1, 0.15) is 11.8 Å². The lowest BCUT2D eigenvalue weighted by atomic mass is 10.1. The number of likely N-dealkylation sites (tertiary alicyclic amines) is 1. The predicted octanol–water partition coefficient (Wildman–Crippen LogP) is 0.582. The zero-order valence-corrected chi connectivity index (χ0v) is 12.2. The number of hydrogen-bond acceptors (Lipinski definition) is 5. The molecule has 0 aliphatic carbocycles. The average molecular weight is 297 g/mol. The third-order valence-corrected chi connectivity index (χ3v) is 3.69. The number of hydrogen-bond donors (Lipinski definition) is 3. The van der Waals surface area contributed by atoms with E-state index >= 15 is 0 Å². The van der Waals surface area contributed by atoms with Crippen LogP contribution in [0.4, 0.5) is 4.79 Å². The first-order chi connectivity index (χ1) is 9.81. The van der Waals surface area contributed by atoms with Gasteiger partial charge in [-0.25, -0.2) is 9.59 Å². The molecular formula is C13H19N3O5. The molecule has 1 fully saturated rings. The second-order valence-electron chi connectivity index (χ2n) is 5.30. The van der Waals surface area contributed by atoms with E-state index in [0.29, 0.717) is 11.5 Å². The summed E-state index contributed by atoms with van der Waals surface area (Å²) in [4.78, 5) is 24.5. The first-order valence-electron chi connectivity index (χ1n) is 6.72. The zero-order chi connectivity index (χ0) is 15.7. The number of carboxylic acids is 1. The monoisotopic (exact) mass is 297 g/mol. The van der Waals surface area contributed by atoms with Crippen LogP contribution >= 0.6 is 0 Å². The molecule has 0 radical (unpaired) electrons. The first-order valence-corrected chi connectivity index (χ1v) is 6.72. The molecule has 8 nitrogen and oxygen atoms in total. The van der Waals surface area contributed by atoms with Crippen LogP contribution in [-0.2, 0) is 4.79 Å². The summed E-state index contributed by atoms with van der Waals surface area (Å²) >= 11 is 0. The predicted molar refractivity (Wildman–Crippen MR) is 71.7 cm³/mol. The Balaban J connectivity index is 2.09. The smallest absolute Gasteiger partial charge is 0.326 e. The quantitative estimate of drug-likeness (QED) is 0.751. The lowest BCUT2D eigenvalue weighted by Gasteiger charge is -2.24. The fraction of sp³-hybridized carbons (Fsp3) is 0.615. The number of aliphatic carboxylic acids is 1. The normalized spacial score (nSPS) is 23.1. The van der Waals surface area contributed by atoms with E-state index < -0.39 is 24.1 Å². The van der Waals surface area contributed by atoms with Crippen LogP contribution in [0, 0.1) is 13.8 Å². The summed E-state index contributed by atoms with van der Waals surface area (Å²) in [5.41, 5.74) is 1.45. The highest BCUT2D eigenvalue weighted by atomic mass is 16.5. The molecule has 1 saturated heterocycles. The van der Waals surface area contributed by atoms with Gasteiger partial charge in [0.15, 0.2) is 0 Å². The topological polar surface area (TPSA) is 116 Å². The number of rotatable bonds is 3. The number of carboxylic acid groups (broad SMARTS) is 1. The van der Waals surface area contributed by atoms with Crippen molar-refractivity contribution in [2.75, 3.05) is 6.54 Å². The van der Waals surface area contributed by atoms with Gasteiger partial charge in [-0.1, -0.05) is 5.16 Å². The van der Waals surface area contributed by atoms with E-state index in [4.69, 9.17) is 9.63 Å². The summed E-state index contributed by atoms with van der Waals surface area (Å²) in [6.45, 7) is 5.30. The van der Waals surface area contributed by atoms with Gasteiger partial charge in [-0.2, -0.15) is 0 Å². The van der Waals surface area contributed by atoms with Crippen LogP contribution in [0.2, 0.25) is 0 Å². The van der Waals surface area contributed by atoms with E-state index in [2.05, 4.69) is 10.5 Å². The Morgan fingerprint density at radius 2 is 2.14 bits per heavy atom.